The second kappa shape index (κ2) is 3.00. The van der Waals surface area contributed by atoms with E-state index >= 15 is 0 Å². The standard InChI is InChI=1S/C12H14N2O/c1-14-7-9(14)5-8-6-13-10-3-2-4-11(15)12(8)10/h2-4,6,9,13,15H,5,7H2,1H3/t9-,14-/m0/s1. The summed E-state index contributed by atoms with van der Waals surface area (Å²) in [6.45, 7) is 1.17. The highest BCUT2D eigenvalue weighted by Gasteiger charge is 2.30. The van der Waals surface area contributed by atoms with E-state index in [4.69, 9.17) is 0 Å². The van der Waals surface area contributed by atoms with Crippen LogP contribution in [-0.2, 0) is 6.42 Å². The van der Waals surface area contributed by atoms with Crippen LogP contribution in [0.4, 0.5) is 0 Å². The largest absolute Gasteiger partial charge is 0.507 e. The van der Waals surface area contributed by atoms with Gasteiger partial charge in [-0.1, -0.05) is 6.07 Å². The second-order valence-electron chi connectivity index (χ2n) is 4.31. The van der Waals surface area contributed by atoms with Crippen molar-refractivity contribution in [2.45, 2.75) is 12.5 Å². The molecule has 0 spiro atoms. The number of rotatable bonds is 2. The van der Waals surface area contributed by atoms with Crippen LogP contribution in [0.25, 0.3) is 10.9 Å². The third-order valence-electron chi connectivity index (χ3n) is 3.21. The van der Waals surface area contributed by atoms with Gasteiger partial charge in [-0.05, 0) is 31.2 Å². The predicted molar refractivity (Wildman–Crippen MR) is 60.1 cm³/mol. The summed E-state index contributed by atoms with van der Waals surface area (Å²) in [5.74, 6) is 0.382. The molecule has 1 aromatic carbocycles. The molecule has 0 unspecified atom stereocenters. The van der Waals surface area contributed by atoms with Gasteiger partial charge in [0.25, 0.3) is 0 Å². The van der Waals surface area contributed by atoms with Crippen molar-refractivity contribution in [2.75, 3.05) is 13.6 Å². The Morgan fingerprint density at radius 2 is 2.33 bits per heavy atom. The number of phenolic OH excluding ortho intramolecular Hbond substituents is 1. The number of phenols is 1. The zero-order valence-corrected chi connectivity index (χ0v) is 8.70. The predicted octanol–water partition coefficient (Wildman–Crippen LogP) is 1.73. The number of nitrogens with one attached hydrogen (secondary N) is 1. The highest BCUT2D eigenvalue weighted by molar-refractivity contribution is 5.89. The van der Waals surface area contributed by atoms with Crippen LogP contribution in [0.2, 0.25) is 0 Å². The van der Waals surface area contributed by atoms with E-state index in [1.165, 1.54) is 12.1 Å². The molecule has 15 heavy (non-hydrogen) atoms. The van der Waals surface area contributed by atoms with Gasteiger partial charge in [0, 0.05) is 29.7 Å². The van der Waals surface area contributed by atoms with Crippen LogP contribution in [0.3, 0.4) is 0 Å². The van der Waals surface area contributed by atoms with Crippen molar-refractivity contribution in [3.63, 3.8) is 0 Å². The van der Waals surface area contributed by atoms with Crippen LogP contribution in [0.15, 0.2) is 24.4 Å². The highest BCUT2D eigenvalue weighted by atomic mass is 16.3. The summed E-state index contributed by atoms with van der Waals surface area (Å²) < 4.78 is 0. The van der Waals surface area contributed by atoms with Crippen molar-refractivity contribution in [1.82, 2.24) is 9.88 Å². The summed E-state index contributed by atoms with van der Waals surface area (Å²) in [6.07, 6.45) is 3.03. The van der Waals surface area contributed by atoms with Crippen molar-refractivity contribution >= 4 is 10.9 Å². The molecule has 0 bridgehead atoms. The van der Waals surface area contributed by atoms with Gasteiger partial charge >= 0.3 is 0 Å². The van der Waals surface area contributed by atoms with Crippen LogP contribution in [-0.4, -0.2) is 34.6 Å². The number of aromatic hydroxyl groups is 1. The molecule has 2 N–H and O–H groups in total. The van der Waals surface area contributed by atoms with Crippen LogP contribution < -0.4 is 0 Å². The van der Waals surface area contributed by atoms with Crippen molar-refractivity contribution in [2.24, 2.45) is 0 Å². The Morgan fingerprint density at radius 1 is 1.53 bits per heavy atom. The van der Waals surface area contributed by atoms with Crippen molar-refractivity contribution in [1.29, 1.82) is 0 Å². The molecule has 1 saturated heterocycles. The number of fused-ring (bicyclic) bond motifs is 1. The van der Waals surface area contributed by atoms with E-state index in [1.807, 2.05) is 18.3 Å². The molecular formula is C12H14N2O. The maximum absolute atomic E-state index is 9.81. The number of H-pyrrole nitrogens is 1. The fourth-order valence-electron chi connectivity index (χ4n) is 2.16. The van der Waals surface area contributed by atoms with Crippen LogP contribution >= 0.6 is 0 Å². The SMILES string of the molecule is C[N@@]1C[C@@H]1Cc1c[nH]c2cccc(O)c12. The molecule has 3 rings (SSSR count). The summed E-state index contributed by atoms with van der Waals surface area (Å²) >= 11 is 0. The lowest BCUT2D eigenvalue weighted by molar-refractivity contribution is 0.481. The van der Waals surface area contributed by atoms with Gasteiger partial charge in [-0.2, -0.15) is 0 Å². The van der Waals surface area contributed by atoms with Crippen molar-refractivity contribution in [3.8, 4) is 5.75 Å². The molecule has 1 aliphatic heterocycles. The van der Waals surface area contributed by atoms with Crippen molar-refractivity contribution < 1.29 is 5.11 Å². The molecule has 0 radical (unpaired) electrons. The lowest BCUT2D eigenvalue weighted by Crippen LogP contribution is -1.98. The summed E-state index contributed by atoms with van der Waals surface area (Å²) in [5, 5.41) is 10.8. The van der Waals surface area contributed by atoms with Crippen LogP contribution in [0.1, 0.15) is 5.56 Å². The van der Waals surface area contributed by atoms with E-state index in [9.17, 15) is 5.11 Å². The molecule has 3 nitrogen and oxygen atoms in total. The summed E-state index contributed by atoms with van der Waals surface area (Å²) in [5.41, 5.74) is 2.24. The summed E-state index contributed by atoms with van der Waals surface area (Å²) in [4.78, 5) is 5.50. The van der Waals surface area contributed by atoms with E-state index in [2.05, 4.69) is 16.9 Å². The quantitative estimate of drug-likeness (QED) is 0.728. The normalized spacial score (nSPS) is 24.6. The number of likely N-dealkylation sites (N-methyl/N-ethyl adjacent to an activating group) is 1. The minimum absolute atomic E-state index is 0.382. The smallest absolute Gasteiger partial charge is 0.125 e. The number of nitrogens with zero attached hydrogens (tertiary/aromatic N) is 1. The Labute approximate surface area is 88.3 Å². The van der Waals surface area contributed by atoms with Gasteiger partial charge < -0.3 is 15.0 Å². The molecule has 1 aliphatic rings. The molecular weight excluding hydrogens is 188 g/mol. The number of benzene rings is 1. The third-order valence-corrected chi connectivity index (χ3v) is 3.21. The van der Waals surface area contributed by atoms with E-state index in [0.29, 0.717) is 11.8 Å². The number of hydrogen-bond donors (Lipinski definition) is 2. The van der Waals surface area contributed by atoms with E-state index in [-0.39, 0.29) is 0 Å². The first-order valence-electron chi connectivity index (χ1n) is 5.24. The summed E-state index contributed by atoms with van der Waals surface area (Å²) in [7, 11) is 2.12. The average molecular weight is 202 g/mol. The molecule has 1 aromatic heterocycles. The molecule has 2 atom stereocenters. The van der Waals surface area contributed by atoms with E-state index in [1.54, 1.807) is 6.07 Å². The molecule has 0 saturated carbocycles. The molecule has 2 aromatic rings. The Hall–Kier alpha value is -1.48. The molecule has 2 heterocycles. The second-order valence-corrected chi connectivity index (χ2v) is 4.31. The Morgan fingerprint density at radius 3 is 3.07 bits per heavy atom. The minimum atomic E-state index is 0.382. The topological polar surface area (TPSA) is 39.0 Å². The van der Waals surface area contributed by atoms with Gasteiger partial charge in [-0.25, -0.2) is 0 Å². The minimum Gasteiger partial charge on any atom is -0.507 e. The average Bonchev–Trinajstić information content (AvgIpc) is 2.75. The van der Waals surface area contributed by atoms with Gasteiger partial charge in [0.1, 0.15) is 5.75 Å². The van der Waals surface area contributed by atoms with E-state index < -0.39 is 0 Å². The molecule has 1 fully saturated rings. The fraction of sp³-hybridized carbons (Fsp3) is 0.333. The Balaban J connectivity index is 2.03. The van der Waals surface area contributed by atoms with Crippen molar-refractivity contribution in [3.05, 3.63) is 30.0 Å². The molecule has 0 amide bonds. The van der Waals surface area contributed by atoms with Crippen LogP contribution in [0.5, 0.6) is 5.75 Å². The van der Waals surface area contributed by atoms with Gasteiger partial charge in [0.05, 0.1) is 0 Å². The first-order chi connectivity index (χ1) is 7.25. The molecule has 78 valence electrons. The number of aromatic nitrogens is 1. The number of hydrogen-bond acceptors (Lipinski definition) is 2. The lowest BCUT2D eigenvalue weighted by Gasteiger charge is -1.99. The first kappa shape index (κ1) is 8.80. The highest BCUT2D eigenvalue weighted by Crippen LogP contribution is 2.30. The fourth-order valence-corrected chi connectivity index (χ4v) is 2.16. The van der Waals surface area contributed by atoms with Crippen LogP contribution in [0, 0.1) is 0 Å². The van der Waals surface area contributed by atoms with Gasteiger partial charge in [-0.3, -0.25) is 0 Å². The Kier molecular flexibility index (Phi) is 1.76. The zero-order chi connectivity index (χ0) is 10.4. The van der Waals surface area contributed by atoms with E-state index in [0.717, 1.165) is 17.3 Å². The van der Waals surface area contributed by atoms with Gasteiger partial charge in [0.15, 0.2) is 0 Å². The first-order valence-corrected chi connectivity index (χ1v) is 5.24. The summed E-state index contributed by atoms with van der Waals surface area (Å²) in [6, 6.07) is 6.26. The van der Waals surface area contributed by atoms with Gasteiger partial charge in [0.2, 0.25) is 0 Å². The zero-order valence-electron chi connectivity index (χ0n) is 8.70. The maximum Gasteiger partial charge on any atom is 0.125 e. The van der Waals surface area contributed by atoms with Gasteiger partial charge in [-0.15, -0.1) is 0 Å². The monoisotopic (exact) mass is 202 g/mol. The Bertz CT molecular complexity index is 503. The maximum atomic E-state index is 9.81. The third kappa shape index (κ3) is 1.39. The number of aromatic amines is 1. The molecule has 0 aliphatic carbocycles. The molecule has 3 heteroatoms. The lowest BCUT2D eigenvalue weighted by atomic mass is 10.1.